The summed E-state index contributed by atoms with van der Waals surface area (Å²) in [5.41, 5.74) is 3.22. The van der Waals surface area contributed by atoms with Crippen LogP contribution in [-0.4, -0.2) is 34.2 Å². The summed E-state index contributed by atoms with van der Waals surface area (Å²) in [6.45, 7) is 0.207. The van der Waals surface area contributed by atoms with Gasteiger partial charge in [-0.15, -0.1) is 0 Å². The van der Waals surface area contributed by atoms with Gasteiger partial charge in [0, 0.05) is 24.2 Å². The zero-order valence-electron chi connectivity index (χ0n) is 17.6. The average Bonchev–Trinajstić information content (AvgIpc) is 2.77. The lowest BCUT2D eigenvalue weighted by Crippen LogP contribution is -2.31. The third-order valence-corrected chi connectivity index (χ3v) is 6.01. The Morgan fingerprint density at radius 3 is 2.23 bits per heavy atom. The molecule has 3 aromatic carbocycles. The second kappa shape index (κ2) is 10.1. The van der Waals surface area contributed by atoms with E-state index in [0.29, 0.717) is 17.9 Å². The Kier molecular flexibility index (Phi) is 7.31. The van der Waals surface area contributed by atoms with Crippen LogP contribution in [0.2, 0.25) is 0 Å². The number of rotatable bonds is 9. The van der Waals surface area contributed by atoms with Crippen LogP contribution in [0.5, 0.6) is 5.75 Å². The van der Waals surface area contributed by atoms with E-state index in [1.54, 1.807) is 31.4 Å². The maximum atomic E-state index is 12.6. The molecule has 162 valence electrons. The van der Waals surface area contributed by atoms with E-state index in [-0.39, 0.29) is 18.9 Å². The molecular weight excluding hydrogens is 412 g/mol. The summed E-state index contributed by atoms with van der Waals surface area (Å²) in [4.78, 5) is 12.6. The van der Waals surface area contributed by atoms with Gasteiger partial charge in [-0.25, -0.2) is 8.42 Å². The summed E-state index contributed by atoms with van der Waals surface area (Å²) >= 11 is 0. The second-order valence-electron chi connectivity index (χ2n) is 7.10. The number of ether oxygens (including phenoxy) is 1. The molecular formula is C24H26N2O4S. The highest BCUT2D eigenvalue weighted by Crippen LogP contribution is 2.28. The molecule has 0 fully saturated rings. The minimum Gasteiger partial charge on any atom is -0.497 e. The predicted molar refractivity (Wildman–Crippen MR) is 125 cm³/mol. The molecule has 0 radical (unpaired) electrons. The molecule has 31 heavy (non-hydrogen) atoms. The van der Waals surface area contributed by atoms with Gasteiger partial charge in [0.2, 0.25) is 15.9 Å². The van der Waals surface area contributed by atoms with Crippen LogP contribution in [0, 0.1) is 0 Å². The molecule has 0 aromatic heterocycles. The van der Waals surface area contributed by atoms with E-state index >= 15 is 0 Å². The van der Waals surface area contributed by atoms with E-state index in [1.807, 2.05) is 54.6 Å². The van der Waals surface area contributed by atoms with E-state index < -0.39 is 10.0 Å². The van der Waals surface area contributed by atoms with Crippen molar-refractivity contribution in [1.29, 1.82) is 0 Å². The number of sulfonamides is 1. The number of amides is 1. The van der Waals surface area contributed by atoms with Crippen molar-refractivity contribution in [1.82, 2.24) is 0 Å². The maximum Gasteiger partial charge on any atom is 0.232 e. The van der Waals surface area contributed by atoms with Gasteiger partial charge in [0.25, 0.3) is 0 Å². The molecule has 0 saturated heterocycles. The minimum absolute atomic E-state index is 0.161. The van der Waals surface area contributed by atoms with Gasteiger partial charge in [-0.3, -0.25) is 9.10 Å². The van der Waals surface area contributed by atoms with Crippen LogP contribution < -0.4 is 14.4 Å². The third-order valence-electron chi connectivity index (χ3n) is 4.81. The number of carbonyl (C=O) groups excluding carboxylic acids is 1. The van der Waals surface area contributed by atoms with Crippen molar-refractivity contribution in [2.45, 2.75) is 12.8 Å². The zero-order valence-corrected chi connectivity index (χ0v) is 18.4. The van der Waals surface area contributed by atoms with Crippen molar-refractivity contribution in [3.8, 4) is 16.9 Å². The number of hydrogen-bond donors (Lipinski definition) is 1. The predicted octanol–water partition coefficient (Wildman–Crippen LogP) is 4.55. The summed E-state index contributed by atoms with van der Waals surface area (Å²) in [7, 11) is -1.92. The molecule has 1 N–H and O–H groups in total. The maximum absolute atomic E-state index is 12.6. The van der Waals surface area contributed by atoms with E-state index in [4.69, 9.17) is 4.74 Å². The van der Waals surface area contributed by atoms with Gasteiger partial charge in [-0.05, 0) is 42.3 Å². The first-order valence-corrected chi connectivity index (χ1v) is 11.8. The number of nitrogens with zero attached hydrogens (tertiary/aromatic N) is 1. The fourth-order valence-electron chi connectivity index (χ4n) is 3.29. The monoisotopic (exact) mass is 438 g/mol. The number of benzene rings is 3. The highest BCUT2D eigenvalue weighted by Gasteiger charge is 2.18. The second-order valence-corrected chi connectivity index (χ2v) is 9.00. The van der Waals surface area contributed by atoms with Crippen LogP contribution in [0.3, 0.4) is 0 Å². The Bertz CT molecular complexity index is 1110. The molecule has 0 aliphatic heterocycles. The molecule has 0 unspecified atom stereocenters. The Morgan fingerprint density at radius 2 is 1.58 bits per heavy atom. The minimum atomic E-state index is -3.48. The van der Waals surface area contributed by atoms with Crippen LogP contribution in [0.25, 0.3) is 11.1 Å². The smallest absolute Gasteiger partial charge is 0.232 e. The lowest BCUT2D eigenvalue weighted by atomic mass is 10.0. The molecule has 6 nitrogen and oxygen atoms in total. The summed E-state index contributed by atoms with van der Waals surface area (Å²) < 4.78 is 30.9. The molecule has 0 spiro atoms. The molecule has 1 amide bonds. The van der Waals surface area contributed by atoms with Crippen molar-refractivity contribution >= 4 is 27.3 Å². The van der Waals surface area contributed by atoms with Gasteiger partial charge in [-0.1, -0.05) is 48.5 Å². The van der Waals surface area contributed by atoms with Crippen molar-refractivity contribution in [2.75, 3.05) is 29.5 Å². The standard InChI is InChI=1S/C24H26N2O4S/c1-30-21-16-14-20(15-17-21)26(31(2,28)29)18-8-13-24(27)25-23-12-7-6-11-22(23)19-9-4-3-5-10-19/h3-7,9-12,14-17H,8,13,18H2,1-2H3,(H,25,27). The number of methoxy groups -OCH3 is 1. The molecule has 0 aliphatic rings. The molecule has 0 atom stereocenters. The summed E-state index contributed by atoms with van der Waals surface area (Å²) in [5, 5.41) is 2.95. The van der Waals surface area contributed by atoms with E-state index in [2.05, 4.69) is 5.32 Å². The Hall–Kier alpha value is -3.32. The molecule has 3 aromatic rings. The molecule has 0 heterocycles. The largest absolute Gasteiger partial charge is 0.497 e. The Balaban J connectivity index is 1.64. The first-order valence-electron chi connectivity index (χ1n) is 9.94. The van der Waals surface area contributed by atoms with Gasteiger partial charge in [0.05, 0.1) is 19.1 Å². The van der Waals surface area contributed by atoms with Gasteiger partial charge in [0.1, 0.15) is 5.75 Å². The summed E-state index contributed by atoms with van der Waals surface area (Å²) in [6, 6.07) is 24.2. The first kappa shape index (κ1) is 22.4. The van der Waals surface area contributed by atoms with Gasteiger partial charge in [-0.2, -0.15) is 0 Å². The highest BCUT2D eigenvalue weighted by molar-refractivity contribution is 7.92. The summed E-state index contributed by atoms with van der Waals surface area (Å²) in [5.74, 6) is 0.486. The van der Waals surface area contributed by atoms with Crippen molar-refractivity contribution in [3.05, 3.63) is 78.9 Å². The lowest BCUT2D eigenvalue weighted by molar-refractivity contribution is -0.116. The van der Waals surface area contributed by atoms with Gasteiger partial charge >= 0.3 is 0 Å². The van der Waals surface area contributed by atoms with Crippen LogP contribution >= 0.6 is 0 Å². The molecule has 0 aliphatic carbocycles. The van der Waals surface area contributed by atoms with Gasteiger partial charge < -0.3 is 10.1 Å². The van der Waals surface area contributed by atoms with E-state index in [9.17, 15) is 13.2 Å². The van der Waals surface area contributed by atoms with Crippen LogP contribution in [0.4, 0.5) is 11.4 Å². The highest BCUT2D eigenvalue weighted by atomic mass is 32.2. The molecule has 7 heteroatoms. The molecule has 0 bridgehead atoms. The average molecular weight is 439 g/mol. The summed E-state index contributed by atoms with van der Waals surface area (Å²) in [6.07, 6.45) is 1.75. The van der Waals surface area contributed by atoms with E-state index in [1.165, 1.54) is 4.31 Å². The quantitative estimate of drug-likeness (QED) is 0.532. The molecule has 3 rings (SSSR count). The van der Waals surface area contributed by atoms with Crippen LogP contribution in [0.15, 0.2) is 78.9 Å². The first-order chi connectivity index (χ1) is 14.9. The number of nitrogens with one attached hydrogen (secondary N) is 1. The van der Waals surface area contributed by atoms with Gasteiger partial charge in [0.15, 0.2) is 0 Å². The number of anilines is 2. The Morgan fingerprint density at radius 1 is 0.935 bits per heavy atom. The SMILES string of the molecule is COc1ccc(N(CCCC(=O)Nc2ccccc2-c2ccccc2)S(C)(=O)=O)cc1. The number of para-hydroxylation sites is 1. The fraction of sp³-hybridized carbons (Fsp3) is 0.208. The normalized spacial score (nSPS) is 11.0. The van der Waals surface area contributed by atoms with Crippen molar-refractivity contribution in [3.63, 3.8) is 0 Å². The van der Waals surface area contributed by atoms with Crippen LogP contribution in [-0.2, 0) is 14.8 Å². The Labute approximate surface area is 183 Å². The number of carbonyl (C=O) groups is 1. The van der Waals surface area contributed by atoms with Crippen molar-refractivity contribution in [2.24, 2.45) is 0 Å². The van der Waals surface area contributed by atoms with E-state index in [0.717, 1.165) is 23.1 Å². The zero-order chi connectivity index (χ0) is 22.3. The van der Waals surface area contributed by atoms with Crippen LogP contribution in [0.1, 0.15) is 12.8 Å². The fourth-order valence-corrected chi connectivity index (χ4v) is 4.26. The molecule has 0 saturated carbocycles. The van der Waals surface area contributed by atoms with Crippen molar-refractivity contribution < 1.29 is 17.9 Å². The topological polar surface area (TPSA) is 75.7 Å². The number of hydrogen-bond acceptors (Lipinski definition) is 4. The lowest BCUT2D eigenvalue weighted by Gasteiger charge is -2.22. The third kappa shape index (κ3) is 6.08.